The summed E-state index contributed by atoms with van der Waals surface area (Å²) in [5.41, 5.74) is -0.402. The SMILES string of the molecule is CC1(C)CNCCN1C(=O)CCC(F)(F)F. The number of rotatable bonds is 2. The van der Waals surface area contributed by atoms with Gasteiger partial charge in [-0.2, -0.15) is 13.2 Å². The number of piperazine rings is 1. The fourth-order valence-corrected chi connectivity index (χ4v) is 1.83. The molecule has 0 saturated carbocycles. The van der Waals surface area contributed by atoms with E-state index < -0.39 is 30.5 Å². The van der Waals surface area contributed by atoms with E-state index in [1.165, 1.54) is 4.90 Å². The van der Waals surface area contributed by atoms with Crippen molar-refractivity contribution in [2.45, 2.75) is 38.4 Å². The smallest absolute Gasteiger partial charge is 0.335 e. The summed E-state index contributed by atoms with van der Waals surface area (Å²) >= 11 is 0. The van der Waals surface area contributed by atoms with Crippen LogP contribution in [0.25, 0.3) is 0 Å². The van der Waals surface area contributed by atoms with Gasteiger partial charge in [0.2, 0.25) is 5.91 Å². The Morgan fingerprint density at radius 1 is 1.44 bits per heavy atom. The molecule has 0 bridgehead atoms. The van der Waals surface area contributed by atoms with Crippen LogP contribution >= 0.6 is 0 Å². The van der Waals surface area contributed by atoms with Crippen molar-refractivity contribution in [3.05, 3.63) is 0 Å². The van der Waals surface area contributed by atoms with Crippen molar-refractivity contribution in [3.8, 4) is 0 Å². The largest absolute Gasteiger partial charge is 0.389 e. The van der Waals surface area contributed by atoms with Gasteiger partial charge in [-0.25, -0.2) is 0 Å². The van der Waals surface area contributed by atoms with Gasteiger partial charge in [-0.1, -0.05) is 0 Å². The molecule has 0 radical (unpaired) electrons. The van der Waals surface area contributed by atoms with Crippen molar-refractivity contribution in [1.82, 2.24) is 10.2 Å². The number of amides is 1. The molecule has 1 rings (SSSR count). The maximum Gasteiger partial charge on any atom is 0.389 e. The fourth-order valence-electron chi connectivity index (χ4n) is 1.83. The van der Waals surface area contributed by atoms with Gasteiger partial charge in [-0.15, -0.1) is 0 Å². The number of carbonyl (C=O) groups is 1. The van der Waals surface area contributed by atoms with E-state index in [1.807, 2.05) is 13.8 Å². The molecule has 6 heteroatoms. The van der Waals surface area contributed by atoms with Crippen molar-refractivity contribution in [3.63, 3.8) is 0 Å². The first-order valence-electron chi connectivity index (χ1n) is 5.30. The number of hydrogen-bond acceptors (Lipinski definition) is 2. The molecule has 0 atom stereocenters. The number of halogens is 3. The maximum absolute atomic E-state index is 12.0. The van der Waals surface area contributed by atoms with E-state index in [1.54, 1.807) is 0 Å². The molecule has 16 heavy (non-hydrogen) atoms. The normalized spacial score (nSPS) is 20.9. The van der Waals surface area contributed by atoms with E-state index in [0.29, 0.717) is 19.6 Å². The second-order valence-corrected chi connectivity index (χ2v) is 4.65. The molecular weight excluding hydrogens is 221 g/mol. The van der Waals surface area contributed by atoms with Gasteiger partial charge in [0.1, 0.15) is 0 Å². The Balaban J connectivity index is 2.52. The highest BCUT2D eigenvalue weighted by atomic mass is 19.4. The average Bonchev–Trinajstić information content (AvgIpc) is 2.12. The quantitative estimate of drug-likeness (QED) is 0.791. The third-order valence-electron chi connectivity index (χ3n) is 2.72. The minimum Gasteiger partial charge on any atom is -0.335 e. The molecule has 0 unspecified atom stereocenters. The summed E-state index contributed by atoms with van der Waals surface area (Å²) in [7, 11) is 0. The lowest BCUT2D eigenvalue weighted by atomic mass is 9.99. The molecule has 0 aromatic heterocycles. The van der Waals surface area contributed by atoms with Crippen LogP contribution < -0.4 is 5.32 Å². The number of carbonyl (C=O) groups excluding carboxylic acids is 1. The first-order valence-corrected chi connectivity index (χ1v) is 5.30. The number of nitrogens with zero attached hydrogens (tertiary/aromatic N) is 1. The van der Waals surface area contributed by atoms with Gasteiger partial charge in [0, 0.05) is 31.6 Å². The third kappa shape index (κ3) is 3.66. The molecule has 1 heterocycles. The first kappa shape index (κ1) is 13.3. The van der Waals surface area contributed by atoms with Gasteiger partial charge >= 0.3 is 6.18 Å². The lowest BCUT2D eigenvalue weighted by molar-refractivity contribution is -0.152. The molecule has 3 nitrogen and oxygen atoms in total. The van der Waals surface area contributed by atoms with E-state index in [2.05, 4.69) is 5.32 Å². The first-order chi connectivity index (χ1) is 7.22. The Bertz CT molecular complexity index is 263. The van der Waals surface area contributed by atoms with Crippen LogP contribution in [-0.4, -0.2) is 42.2 Å². The number of hydrogen-bond donors (Lipinski definition) is 1. The number of nitrogens with one attached hydrogen (secondary N) is 1. The molecule has 0 aromatic rings. The highest BCUT2D eigenvalue weighted by Crippen LogP contribution is 2.24. The topological polar surface area (TPSA) is 32.3 Å². The van der Waals surface area contributed by atoms with Gasteiger partial charge in [0.25, 0.3) is 0 Å². The van der Waals surface area contributed by atoms with Crippen LogP contribution in [-0.2, 0) is 4.79 Å². The lowest BCUT2D eigenvalue weighted by Crippen LogP contribution is -2.59. The summed E-state index contributed by atoms with van der Waals surface area (Å²) in [6.07, 6.45) is -5.74. The third-order valence-corrected chi connectivity index (χ3v) is 2.72. The van der Waals surface area contributed by atoms with Crippen molar-refractivity contribution in [2.24, 2.45) is 0 Å². The molecule has 94 valence electrons. The van der Waals surface area contributed by atoms with Gasteiger partial charge in [-0.05, 0) is 13.8 Å². The minimum atomic E-state index is -4.26. The zero-order valence-corrected chi connectivity index (χ0v) is 9.52. The molecule has 0 spiro atoms. The molecule has 0 aromatic carbocycles. The predicted molar refractivity (Wildman–Crippen MR) is 54.0 cm³/mol. The van der Waals surface area contributed by atoms with Crippen LogP contribution in [0, 0.1) is 0 Å². The van der Waals surface area contributed by atoms with Gasteiger partial charge in [0.15, 0.2) is 0 Å². The summed E-state index contributed by atoms with van der Waals surface area (Å²) in [6, 6.07) is 0. The Labute approximate surface area is 93.0 Å². The van der Waals surface area contributed by atoms with Crippen LogP contribution in [0.3, 0.4) is 0 Å². The van der Waals surface area contributed by atoms with Gasteiger partial charge in [-0.3, -0.25) is 4.79 Å². The Hall–Kier alpha value is -0.780. The fraction of sp³-hybridized carbons (Fsp3) is 0.900. The van der Waals surface area contributed by atoms with E-state index in [9.17, 15) is 18.0 Å². The molecule has 1 aliphatic heterocycles. The molecular formula is C10H17F3N2O. The van der Waals surface area contributed by atoms with Crippen molar-refractivity contribution < 1.29 is 18.0 Å². The highest BCUT2D eigenvalue weighted by molar-refractivity contribution is 5.77. The standard InChI is InChI=1S/C10H17F3N2O/c1-9(2)7-14-5-6-15(9)8(16)3-4-10(11,12)13/h14H,3-7H2,1-2H3. The zero-order chi connectivity index (χ0) is 12.4. The van der Waals surface area contributed by atoms with Crippen LogP contribution in [0.15, 0.2) is 0 Å². The van der Waals surface area contributed by atoms with Crippen molar-refractivity contribution >= 4 is 5.91 Å². The van der Waals surface area contributed by atoms with Gasteiger partial charge in [0.05, 0.1) is 6.42 Å². The van der Waals surface area contributed by atoms with E-state index in [4.69, 9.17) is 0 Å². The molecule has 1 amide bonds. The van der Waals surface area contributed by atoms with Crippen molar-refractivity contribution in [2.75, 3.05) is 19.6 Å². The van der Waals surface area contributed by atoms with E-state index in [0.717, 1.165) is 0 Å². The Morgan fingerprint density at radius 2 is 2.06 bits per heavy atom. The second kappa shape index (κ2) is 4.61. The summed E-state index contributed by atoms with van der Waals surface area (Å²) in [4.78, 5) is 13.2. The van der Waals surface area contributed by atoms with Crippen LogP contribution in [0.2, 0.25) is 0 Å². The monoisotopic (exact) mass is 238 g/mol. The summed E-state index contributed by atoms with van der Waals surface area (Å²) < 4.78 is 36.0. The number of alkyl halides is 3. The predicted octanol–water partition coefficient (Wildman–Crippen LogP) is 1.54. The van der Waals surface area contributed by atoms with Crippen LogP contribution in [0.5, 0.6) is 0 Å². The lowest BCUT2D eigenvalue weighted by Gasteiger charge is -2.43. The minimum absolute atomic E-state index is 0.402. The second-order valence-electron chi connectivity index (χ2n) is 4.65. The van der Waals surface area contributed by atoms with Gasteiger partial charge < -0.3 is 10.2 Å². The van der Waals surface area contributed by atoms with Crippen LogP contribution in [0.4, 0.5) is 13.2 Å². The van der Waals surface area contributed by atoms with E-state index >= 15 is 0 Å². The molecule has 1 N–H and O–H groups in total. The Morgan fingerprint density at radius 3 is 2.56 bits per heavy atom. The maximum atomic E-state index is 12.0. The average molecular weight is 238 g/mol. The highest BCUT2D eigenvalue weighted by Gasteiger charge is 2.35. The zero-order valence-electron chi connectivity index (χ0n) is 9.52. The molecule has 0 aliphatic carbocycles. The van der Waals surface area contributed by atoms with Crippen molar-refractivity contribution in [1.29, 1.82) is 0 Å². The summed E-state index contributed by atoms with van der Waals surface area (Å²) in [5.74, 6) is -0.413. The van der Waals surface area contributed by atoms with E-state index in [-0.39, 0.29) is 0 Å². The summed E-state index contributed by atoms with van der Waals surface area (Å²) in [5, 5.41) is 3.12. The molecule has 1 aliphatic rings. The molecule has 1 fully saturated rings. The molecule has 1 saturated heterocycles. The Kier molecular flexibility index (Phi) is 3.83. The summed E-state index contributed by atoms with van der Waals surface area (Å²) in [6.45, 7) is 5.44. The van der Waals surface area contributed by atoms with Crippen LogP contribution in [0.1, 0.15) is 26.7 Å².